The molecule has 0 unspecified atom stereocenters. The minimum atomic E-state index is 0.0222. The van der Waals surface area contributed by atoms with Gasteiger partial charge in [-0.05, 0) is 31.1 Å². The smallest absolute Gasteiger partial charge is 0.188 e. The van der Waals surface area contributed by atoms with E-state index in [1.54, 1.807) is 6.07 Å². The summed E-state index contributed by atoms with van der Waals surface area (Å²) in [6.45, 7) is 1.72. The number of benzene rings is 1. The van der Waals surface area contributed by atoms with E-state index in [4.69, 9.17) is 23.8 Å². The molecule has 21 heavy (non-hydrogen) atoms. The molecule has 1 aliphatic rings. The molecule has 0 atom stereocenters. The molecule has 1 heterocycles. The van der Waals surface area contributed by atoms with Gasteiger partial charge in [0.1, 0.15) is 12.9 Å². The molecule has 0 radical (unpaired) electrons. The molecule has 2 rings (SSSR count). The maximum absolute atomic E-state index is 9.97. The molecule has 1 aliphatic heterocycles. The first kappa shape index (κ1) is 15.8. The van der Waals surface area contributed by atoms with E-state index in [-0.39, 0.29) is 5.75 Å². The Bertz CT molecular complexity index is 547. The van der Waals surface area contributed by atoms with E-state index < -0.39 is 0 Å². The van der Waals surface area contributed by atoms with E-state index in [0.717, 1.165) is 25.9 Å². The molecule has 1 aromatic rings. The van der Waals surface area contributed by atoms with Crippen molar-refractivity contribution in [2.24, 2.45) is 5.16 Å². The highest BCUT2D eigenvalue weighted by Gasteiger charge is 2.15. The number of hydrazine groups is 1. The monoisotopic (exact) mass is 328 g/mol. The van der Waals surface area contributed by atoms with Gasteiger partial charge in [-0.25, -0.2) is 5.43 Å². The highest BCUT2D eigenvalue weighted by Crippen LogP contribution is 2.30. The number of anilines is 1. The third-order valence-electron chi connectivity index (χ3n) is 3.01. The molecular formula is C13H17ClN4O2S. The zero-order valence-electron chi connectivity index (χ0n) is 11.6. The van der Waals surface area contributed by atoms with Crippen LogP contribution in [-0.2, 0) is 4.84 Å². The minimum absolute atomic E-state index is 0.0222. The minimum Gasteiger partial charge on any atom is -0.506 e. The summed E-state index contributed by atoms with van der Waals surface area (Å²) >= 11 is 11.4. The van der Waals surface area contributed by atoms with Crippen LogP contribution in [0.3, 0.4) is 0 Å². The van der Waals surface area contributed by atoms with Crippen molar-refractivity contribution in [2.45, 2.75) is 12.8 Å². The number of hydrogen-bond acceptors (Lipinski definition) is 5. The van der Waals surface area contributed by atoms with E-state index in [1.807, 2.05) is 5.01 Å². The normalized spacial score (nSPS) is 15.2. The Hall–Kier alpha value is -1.57. The van der Waals surface area contributed by atoms with Crippen LogP contribution in [0.25, 0.3) is 0 Å². The zero-order valence-corrected chi connectivity index (χ0v) is 13.2. The average molecular weight is 329 g/mol. The van der Waals surface area contributed by atoms with Crippen molar-refractivity contribution < 1.29 is 9.94 Å². The Morgan fingerprint density at radius 3 is 3.05 bits per heavy atom. The number of rotatable bonds is 3. The number of hydrogen-bond donors (Lipinski definition) is 3. The molecule has 0 amide bonds. The lowest BCUT2D eigenvalue weighted by molar-refractivity contribution is 0.215. The molecular weight excluding hydrogens is 312 g/mol. The van der Waals surface area contributed by atoms with Gasteiger partial charge < -0.3 is 15.3 Å². The second kappa shape index (κ2) is 7.44. The molecule has 0 spiro atoms. The predicted molar refractivity (Wildman–Crippen MR) is 87.9 cm³/mol. The van der Waals surface area contributed by atoms with Gasteiger partial charge in [-0.3, -0.25) is 5.01 Å². The first-order valence-electron chi connectivity index (χ1n) is 6.53. The molecule has 0 aliphatic carbocycles. The predicted octanol–water partition coefficient (Wildman–Crippen LogP) is 2.32. The summed E-state index contributed by atoms with van der Waals surface area (Å²) in [4.78, 5) is 4.63. The number of halogens is 1. The number of nitrogens with one attached hydrogen (secondary N) is 2. The van der Waals surface area contributed by atoms with Crippen molar-refractivity contribution in [2.75, 3.05) is 25.5 Å². The van der Waals surface area contributed by atoms with Crippen LogP contribution >= 0.6 is 23.8 Å². The lowest BCUT2D eigenvalue weighted by Crippen LogP contribution is -2.48. The third-order valence-corrected chi connectivity index (χ3v) is 3.66. The lowest BCUT2D eigenvalue weighted by Gasteiger charge is -2.30. The Kier molecular flexibility index (Phi) is 5.60. The highest BCUT2D eigenvalue weighted by molar-refractivity contribution is 7.80. The van der Waals surface area contributed by atoms with Crippen LogP contribution in [0, 0.1) is 0 Å². The van der Waals surface area contributed by atoms with Gasteiger partial charge in [0.15, 0.2) is 5.11 Å². The first-order valence-corrected chi connectivity index (χ1v) is 7.31. The molecule has 0 aromatic heterocycles. The Morgan fingerprint density at radius 2 is 2.38 bits per heavy atom. The number of phenolic OH excluding ortho intramolecular Hbond substituents is 1. The van der Waals surface area contributed by atoms with E-state index >= 15 is 0 Å². The number of phenols is 1. The summed E-state index contributed by atoms with van der Waals surface area (Å²) in [6.07, 6.45) is 3.67. The number of nitrogens with zero attached hydrogens (tertiary/aromatic N) is 2. The molecule has 3 N–H and O–H groups in total. The van der Waals surface area contributed by atoms with Crippen LogP contribution in [0.15, 0.2) is 17.3 Å². The van der Waals surface area contributed by atoms with Gasteiger partial charge in [0.2, 0.25) is 0 Å². The van der Waals surface area contributed by atoms with Crippen LogP contribution in [0.2, 0.25) is 5.02 Å². The molecule has 114 valence electrons. The van der Waals surface area contributed by atoms with Crippen molar-refractivity contribution in [3.63, 3.8) is 0 Å². The summed E-state index contributed by atoms with van der Waals surface area (Å²) in [5, 5.41) is 19.4. The summed E-state index contributed by atoms with van der Waals surface area (Å²) in [5.74, 6) is 0.0222. The molecule has 1 fully saturated rings. The van der Waals surface area contributed by atoms with E-state index in [0.29, 0.717) is 21.4 Å². The van der Waals surface area contributed by atoms with E-state index in [2.05, 4.69) is 20.7 Å². The Balaban J connectivity index is 2.14. The molecule has 8 heteroatoms. The van der Waals surface area contributed by atoms with Crippen LogP contribution in [0.1, 0.15) is 18.4 Å². The zero-order chi connectivity index (χ0) is 15.2. The maximum Gasteiger partial charge on any atom is 0.188 e. The summed E-state index contributed by atoms with van der Waals surface area (Å²) in [6, 6.07) is 3.10. The van der Waals surface area contributed by atoms with Crippen LogP contribution < -0.4 is 10.7 Å². The average Bonchev–Trinajstić information content (AvgIpc) is 2.49. The standard InChI is InChI=1S/C13H17ClN4O2S/c1-20-16-8-9-6-11(12(19)7-10(9)14)17-13(21)18-5-3-2-4-15-18/h6-8,15,19H,2-5H2,1H3,(H,17,21)/b16-8+. The van der Waals surface area contributed by atoms with Gasteiger partial charge in [0.05, 0.1) is 16.9 Å². The number of oxime groups is 1. The van der Waals surface area contributed by atoms with Gasteiger partial charge in [0.25, 0.3) is 0 Å². The second-order valence-corrected chi connectivity index (χ2v) is 5.30. The van der Waals surface area contributed by atoms with Crippen molar-refractivity contribution >= 4 is 40.8 Å². The topological polar surface area (TPSA) is 69.1 Å². The number of aromatic hydroxyl groups is 1. The Morgan fingerprint density at radius 1 is 1.57 bits per heavy atom. The molecule has 1 saturated heterocycles. The second-order valence-electron chi connectivity index (χ2n) is 4.50. The SMILES string of the molecule is CO/N=C/c1cc(NC(=S)N2CCCCN2)c(O)cc1Cl. The summed E-state index contributed by atoms with van der Waals surface area (Å²) < 4.78 is 0. The van der Waals surface area contributed by atoms with Crippen molar-refractivity contribution in [1.29, 1.82) is 0 Å². The van der Waals surface area contributed by atoms with Crippen LogP contribution in [-0.4, -0.2) is 41.6 Å². The number of thiocarbonyl (C=S) groups is 1. The fourth-order valence-corrected chi connectivity index (χ4v) is 2.40. The molecule has 0 saturated carbocycles. The van der Waals surface area contributed by atoms with Gasteiger partial charge in [-0.2, -0.15) is 0 Å². The highest BCUT2D eigenvalue weighted by atomic mass is 35.5. The van der Waals surface area contributed by atoms with Crippen molar-refractivity contribution in [3.8, 4) is 5.75 Å². The van der Waals surface area contributed by atoms with Crippen LogP contribution in [0.5, 0.6) is 5.75 Å². The van der Waals surface area contributed by atoms with Crippen molar-refractivity contribution in [1.82, 2.24) is 10.4 Å². The van der Waals surface area contributed by atoms with E-state index in [9.17, 15) is 5.11 Å². The Labute approximate surface area is 133 Å². The van der Waals surface area contributed by atoms with Gasteiger partial charge >= 0.3 is 0 Å². The van der Waals surface area contributed by atoms with E-state index in [1.165, 1.54) is 19.4 Å². The summed E-state index contributed by atoms with van der Waals surface area (Å²) in [7, 11) is 1.45. The fraction of sp³-hybridized carbons (Fsp3) is 0.385. The molecule has 0 bridgehead atoms. The third kappa shape index (κ3) is 4.20. The van der Waals surface area contributed by atoms with Gasteiger partial charge in [-0.1, -0.05) is 16.8 Å². The first-order chi connectivity index (χ1) is 10.1. The fourth-order valence-electron chi connectivity index (χ4n) is 1.93. The molecule has 6 nitrogen and oxygen atoms in total. The van der Waals surface area contributed by atoms with Crippen LogP contribution in [0.4, 0.5) is 5.69 Å². The largest absolute Gasteiger partial charge is 0.506 e. The quantitative estimate of drug-likeness (QED) is 0.342. The summed E-state index contributed by atoms with van der Waals surface area (Å²) in [5.41, 5.74) is 4.28. The lowest BCUT2D eigenvalue weighted by atomic mass is 10.2. The van der Waals surface area contributed by atoms with Crippen molar-refractivity contribution in [3.05, 3.63) is 22.7 Å². The van der Waals surface area contributed by atoms with Gasteiger partial charge in [-0.15, -0.1) is 0 Å². The molecule has 1 aromatic carbocycles. The maximum atomic E-state index is 9.97. The van der Waals surface area contributed by atoms with Gasteiger partial charge in [0, 0.05) is 24.7 Å².